The summed E-state index contributed by atoms with van der Waals surface area (Å²) in [6.07, 6.45) is -2.12. The summed E-state index contributed by atoms with van der Waals surface area (Å²) in [6.45, 7) is 0.345. The maximum Gasteiger partial charge on any atom is 0.406 e. The highest BCUT2D eigenvalue weighted by molar-refractivity contribution is 5.88. The van der Waals surface area contributed by atoms with E-state index in [9.17, 15) is 22.8 Å². The van der Waals surface area contributed by atoms with Crippen molar-refractivity contribution >= 4 is 22.8 Å². The second-order valence-electron chi connectivity index (χ2n) is 6.83. The van der Waals surface area contributed by atoms with E-state index in [1.807, 2.05) is 13.0 Å². The van der Waals surface area contributed by atoms with Gasteiger partial charge in [-0.2, -0.15) is 18.3 Å². The van der Waals surface area contributed by atoms with E-state index < -0.39 is 36.9 Å². The summed E-state index contributed by atoms with van der Waals surface area (Å²) in [4.78, 5) is 24.5. The first-order valence-electron chi connectivity index (χ1n) is 8.73. The quantitative estimate of drug-likeness (QED) is 0.850. The van der Waals surface area contributed by atoms with E-state index >= 15 is 0 Å². The first-order valence-corrected chi connectivity index (χ1v) is 8.73. The van der Waals surface area contributed by atoms with Crippen LogP contribution >= 0.6 is 0 Å². The number of fused-ring (bicyclic) bond motifs is 3. The molecule has 2 heterocycles. The molecule has 0 bridgehead atoms. The number of nitrogens with one attached hydrogen (secondary N) is 1. The Morgan fingerprint density at radius 1 is 1.44 bits per heavy atom. The van der Waals surface area contributed by atoms with Gasteiger partial charge in [-0.1, -0.05) is 13.0 Å². The fraction of sp³-hybridized carbons (Fsp3) is 0.500. The Hall–Kier alpha value is -2.58. The van der Waals surface area contributed by atoms with Crippen LogP contribution in [0.3, 0.4) is 0 Å². The highest BCUT2D eigenvalue weighted by atomic mass is 19.4. The molecule has 27 heavy (non-hydrogen) atoms. The van der Waals surface area contributed by atoms with Crippen molar-refractivity contribution < 1.29 is 27.9 Å². The van der Waals surface area contributed by atoms with Crippen LogP contribution in [0.15, 0.2) is 12.3 Å². The van der Waals surface area contributed by atoms with Gasteiger partial charge in [0.15, 0.2) is 0 Å². The highest BCUT2D eigenvalue weighted by Gasteiger charge is 2.37. The van der Waals surface area contributed by atoms with Crippen molar-refractivity contribution in [1.82, 2.24) is 15.1 Å². The number of carboxylic acid groups (broad SMARTS) is 1. The Morgan fingerprint density at radius 2 is 2.19 bits per heavy atom. The third-order valence-electron chi connectivity index (χ3n) is 4.97. The Kier molecular flexibility index (Phi) is 5.12. The number of alkyl halides is 3. The predicted octanol–water partition coefficient (Wildman–Crippen LogP) is 3.05. The molecule has 1 aromatic carbocycles. The summed E-state index contributed by atoms with van der Waals surface area (Å²) < 4.78 is 39.2. The van der Waals surface area contributed by atoms with Gasteiger partial charge in [0.05, 0.1) is 18.1 Å². The van der Waals surface area contributed by atoms with Crippen molar-refractivity contribution in [2.45, 2.75) is 45.3 Å². The molecule has 0 unspecified atom stereocenters. The largest absolute Gasteiger partial charge is 0.481 e. The molecule has 6 nitrogen and oxygen atoms in total. The van der Waals surface area contributed by atoms with Crippen molar-refractivity contribution in [1.29, 1.82) is 0 Å². The number of hydrogen-bond acceptors (Lipinski definition) is 3. The van der Waals surface area contributed by atoms with Crippen molar-refractivity contribution in [2.75, 3.05) is 6.54 Å². The molecule has 146 valence electrons. The average molecular weight is 383 g/mol. The smallest absolute Gasteiger partial charge is 0.406 e. The van der Waals surface area contributed by atoms with E-state index in [4.69, 9.17) is 5.11 Å². The molecule has 0 aliphatic carbocycles. The molecule has 2 aromatic rings. The van der Waals surface area contributed by atoms with Gasteiger partial charge in [0.25, 0.3) is 0 Å². The van der Waals surface area contributed by atoms with Gasteiger partial charge in [0.1, 0.15) is 6.54 Å². The third-order valence-corrected chi connectivity index (χ3v) is 4.97. The van der Waals surface area contributed by atoms with Gasteiger partial charge >= 0.3 is 12.1 Å². The maximum atomic E-state index is 13.1. The summed E-state index contributed by atoms with van der Waals surface area (Å²) in [7, 11) is 0. The van der Waals surface area contributed by atoms with Crippen LogP contribution in [0.4, 0.5) is 13.2 Å². The SMILES string of the molecule is CCc1cc2c(c3cn[nH]c13)CN(CC(F)(F)F)C(=O)[C@H](CC(=O)O)CC2. The molecule has 1 atom stereocenters. The van der Waals surface area contributed by atoms with Crippen LogP contribution in [-0.4, -0.2) is 44.8 Å². The summed E-state index contributed by atoms with van der Waals surface area (Å²) in [5.41, 5.74) is 3.24. The van der Waals surface area contributed by atoms with Gasteiger partial charge in [-0.3, -0.25) is 14.7 Å². The van der Waals surface area contributed by atoms with E-state index in [2.05, 4.69) is 10.2 Å². The predicted molar refractivity (Wildman–Crippen MR) is 91.0 cm³/mol. The molecule has 0 spiro atoms. The fourth-order valence-electron chi connectivity index (χ4n) is 3.72. The first kappa shape index (κ1) is 19.2. The molecule has 1 aromatic heterocycles. The van der Waals surface area contributed by atoms with Crippen LogP contribution in [0.1, 0.15) is 36.5 Å². The number of benzene rings is 1. The minimum absolute atomic E-state index is 0.193. The third kappa shape index (κ3) is 4.06. The van der Waals surface area contributed by atoms with E-state index in [0.717, 1.165) is 28.0 Å². The number of aromatic nitrogens is 2. The number of carbonyl (C=O) groups excluding carboxylic acids is 1. The first-order chi connectivity index (χ1) is 12.7. The molecule has 1 aliphatic rings. The van der Waals surface area contributed by atoms with Crippen molar-refractivity contribution in [3.05, 3.63) is 29.0 Å². The molecule has 2 N–H and O–H groups in total. The van der Waals surface area contributed by atoms with Crippen LogP contribution in [0, 0.1) is 5.92 Å². The maximum absolute atomic E-state index is 13.1. The molecule has 0 saturated carbocycles. The fourth-order valence-corrected chi connectivity index (χ4v) is 3.72. The number of H-pyrrole nitrogens is 1. The van der Waals surface area contributed by atoms with Gasteiger partial charge in [0.2, 0.25) is 5.91 Å². The van der Waals surface area contributed by atoms with Crippen molar-refractivity contribution in [2.24, 2.45) is 5.92 Å². The van der Waals surface area contributed by atoms with E-state index in [-0.39, 0.29) is 13.0 Å². The molecule has 3 rings (SSSR count). The topological polar surface area (TPSA) is 86.3 Å². The molecule has 1 amide bonds. The zero-order valence-corrected chi connectivity index (χ0v) is 14.8. The van der Waals surface area contributed by atoms with Crippen LogP contribution in [0.25, 0.3) is 10.9 Å². The number of amides is 1. The Morgan fingerprint density at radius 3 is 2.81 bits per heavy atom. The van der Waals surface area contributed by atoms with Crippen LogP contribution in [0.2, 0.25) is 0 Å². The second kappa shape index (κ2) is 7.21. The lowest BCUT2D eigenvalue weighted by molar-refractivity contribution is -0.166. The second-order valence-corrected chi connectivity index (χ2v) is 6.83. The average Bonchev–Trinajstić information content (AvgIpc) is 3.05. The number of aryl methyl sites for hydroxylation is 2. The number of hydrogen-bond donors (Lipinski definition) is 2. The molecule has 0 fully saturated rings. The normalized spacial score (nSPS) is 18.3. The van der Waals surface area contributed by atoms with Crippen molar-refractivity contribution in [3.63, 3.8) is 0 Å². The lowest BCUT2D eigenvalue weighted by atomic mass is 9.88. The number of carbonyl (C=O) groups is 2. The van der Waals surface area contributed by atoms with Gasteiger partial charge in [-0.25, -0.2) is 0 Å². The summed E-state index contributed by atoms with van der Waals surface area (Å²) >= 11 is 0. The highest BCUT2D eigenvalue weighted by Crippen LogP contribution is 2.32. The molecule has 0 saturated heterocycles. The monoisotopic (exact) mass is 383 g/mol. The Labute approximate surface area is 153 Å². The number of aliphatic carboxylic acids is 1. The minimum atomic E-state index is -4.57. The Bertz CT molecular complexity index is 876. The molecule has 9 heteroatoms. The molecule has 0 radical (unpaired) electrons. The zero-order chi connectivity index (χ0) is 19.8. The Balaban J connectivity index is 2.09. The molecular formula is C18H20F3N3O3. The van der Waals surface area contributed by atoms with Gasteiger partial charge in [-0.05, 0) is 36.0 Å². The van der Waals surface area contributed by atoms with E-state index in [0.29, 0.717) is 17.4 Å². The van der Waals surface area contributed by atoms with Gasteiger partial charge < -0.3 is 10.0 Å². The zero-order valence-electron chi connectivity index (χ0n) is 14.8. The van der Waals surface area contributed by atoms with Crippen LogP contribution in [-0.2, 0) is 29.0 Å². The number of aromatic amines is 1. The number of nitrogens with zero attached hydrogens (tertiary/aromatic N) is 2. The lowest BCUT2D eigenvalue weighted by Gasteiger charge is -2.31. The van der Waals surface area contributed by atoms with Crippen LogP contribution in [0.5, 0.6) is 0 Å². The van der Waals surface area contributed by atoms with Gasteiger partial charge in [0, 0.05) is 17.8 Å². The number of halogens is 3. The van der Waals surface area contributed by atoms with Gasteiger partial charge in [-0.15, -0.1) is 0 Å². The lowest BCUT2D eigenvalue weighted by Crippen LogP contribution is -2.43. The summed E-state index contributed by atoms with van der Waals surface area (Å²) in [5.74, 6) is -2.93. The van der Waals surface area contributed by atoms with Crippen LogP contribution < -0.4 is 0 Å². The number of rotatable bonds is 4. The van der Waals surface area contributed by atoms with Crippen molar-refractivity contribution in [3.8, 4) is 0 Å². The van der Waals surface area contributed by atoms with E-state index in [1.54, 1.807) is 6.20 Å². The minimum Gasteiger partial charge on any atom is -0.481 e. The summed E-state index contributed by atoms with van der Waals surface area (Å²) in [6, 6.07) is 1.93. The summed E-state index contributed by atoms with van der Waals surface area (Å²) in [5, 5.41) is 16.7. The molecular weight excluding hydrogens is 363 g/mol. The van der Waals surface area contributed by atoms with E-state index in [1.165, 1.54) is 0 Å². The molecule has 1 aliphatic heterocycles. The number of carboxylic acids is 1. The standard InChI is InChI=1S/C18H20F3N3O3/c1-2-10-5-11-3-4-12(6-15(25)26)17(27)24(9-18(19,20)21)8-14(11)13-7-22-23-16(10)13/h5,7,12H,2-4,6,8-9H2,1H3,(H,22,23)(H,25,26)/t12-/m0/s1.